The molecule has 1 amide bonds. The number of hydroxylamine groups is 1. The zero-order valence-electron chi connectivity index (χ0n) is 13.4. The van der Waals surface area contributed by atoms with Crippen LogP contribution in [0.4, 0.5) is 0 Å². The van der Waals surface area contributed by atoms with Crippen molar-refractivity contribution in [2.75, 3.05) is 6.61 Å². The zero-order valence-corrected chi connectivity index (χ0v) is 14.1. The maximum atomic E-state index is 12.4. The van der Waals surface area contributed by atoms with Crippen LogP contribution in [-0.2, 0) is 11.9 Å². The van der Waals surface area contributed by atoms with Crippen molar-refractivity contribution >= 4 is 17.5 Å². The summed E-state index contributed by atoms with van der Waals surface area (Å²) in [4.78, 5) is 17.4. The summed E-state index contributed by atoms with van der Waals surface area (Å²) >= 11 is 6.28. The molecule has 1 N–H and O–H groups in total. The summed E-state index contributed by atoms with van der Waals surface area (Å²) < 4.78 is 3.46. The fourth-order valence-corrected chi connectivity index (χ4v) is 2.61. The van der Waals surface area contributed by atoms with E-state index in [4.69, 9.17) is 16.4 Å². The molecule has 0 aliphatic carbocycles. The van der Waals surface area contributed by atoms with Crippen LogP contribution in [0, 0.1) is 0 Å². The highest BCUT2D eigenvalue weighted by Crippen LogP contribution is 2.25. The lowest BCUT2D eigenvalue weighted by Gasteiger charge is -2.09. The number of nitrogens with one attached hydrogen (secondary N) is 1. The number of carbonyl (C=O) groups is 1. The molecule has 0 atom stereocenters. The molecule has 0 fully saturated rings. The number of nitrogens with zero attached hydrogens (tertiary/aromatic N) is 3. The Bertz CT molecular complexity index is 869. The molecule has 0 radical (unpaired) electrons. The third kappa shape index (κ3) is 3.06. The van der Waals surface area contributed by atoms with Gasteiger partial charge in [0.05, 0.1) is 23.0 Å². The fourth-order valence-electron chi connectivity index (χ4n) is 2.39. The second kappa shape index (κ2) is 6.90. The van der Waals surface area contributed by atoms with E-state index in [1.807, 2.05) is 48.1 Å². The molecule has 0 saturated carbocycles. The highest BCUT2D eigenvalue weighted by atomic mass is 35.5. The molecule has 7 heteroatoms. The molecular weight excluding hydrogens is 328 g/mol. The number of carbonyl (C=O) groups excluding carboxylic acids is 1. The Labute approximate surface area is 144 Å². The largest absolute Gasteiger partial charge is 0.349 e. The molecule has 0 unspecified atom stereocenters. The Balaban J connectivity index is 2.12. The highest BCUT2D eigenvalue weighted by molar-refractivity contribution is 6.32. The summed E-state index contributed by atoms with van der Waals surface area (Å²) in [6.07, 6.45) is 1.92. The van der Waals surface area contributed by atoms with E-state index in [0.29, 0.717) is 28.7 Å². The molecule has 0 bridgehead atoms. The lowest BCUT2D eigenvalue weighted by Crippen LogP contribution is -2.26. The van der Waals surface area contributed by atoms with Gasteiger partial charge in [0.15, 0.2) is 0 Å². The van der Waals surface area contributed by atoms with Gasteiger partial charge in [-0.3, -0.25) is 9.63 Å². The van der Waals surface area contributed by atoms with E-state index >= 15 is 0 Å². The molecule has 1 aromatic carbocycles. The second-order valence-electron chi connectivity index (χ2n) is 5.15. The van der Waals surface area contributed by atoms with Crippen molar-refractivity contribution in [3.63, 3.8) is 0 Å². The van der Waals surface area contributed by atoms with Gasteiger partial charge in [0.1, 0.15) is 11.4 Å². The third-order valence-corrected chi connectivity index (χ3v) is 3.86. The minimum Gasteiger partial charge on any atom is -0.349 e. The normalized spacial score (nSPS) is 10.8. The van der Waals surface area contributed by atoms with Crippen LogP contribution < -0.4 is 5.48 Å². The number of aromatic nitrogens is 3. The Morgan fingerprint density at radius 2 is 2.08 bits per heavy atom. The monoisotopic (exact) mass is 344 g/mol. The Morgan fingerprint density at radius 3 is 2.75 bits per heavy atom. The summed E-state index contributed by atoms with van der Waals surface area (Å²) in [6, 6.07) is 12.8. The molecule has 6 nitrogen and oxygen atoms in total. The van der Waals surface area contributed by atoms with Crippen molar-refractivity contribution in [2.24, 2.45) is 7.05 Å². The summed E-state index contributed by atoms with van der Waals surface area (Å²) in [5.74, 6) is -0.385. The van der Waals surface area contributed by atoms with Gasteiger partial charge in [-0.2, -0.15) is 5.10 Å². The minimum atomic E-state index is -0.385. The van der Waals surface area contributed by atoms with Gasteiger partial charge >= 0.3 is 0 Å². The molecule has 124 valence electrons. The first-order valence-corrected chi connectivity index (χ1v) is 7.88. The van der Waals surface area contributed by atoms with Gasteiger partial charge in [-0.25, -0.2) is 10.2 Å². The highest BCUT2D eigenvalue weighted by Gasteiger charge is 2.20. The number of amides is 1. The quantitative estimate of drug-likeness (QED) is 0.723. The van der Waals surface area contributed by atoms with E-state index in [1.165, 1.54) is 4.68 Å². The van der Waals surface area contributed by atoms with Crippen molar-refractivity contribution in [3.8, 4) is 17.1 Å². The smallest absolute Gasteiger partial charge is 0.293 e. The van der Waals surface area contributed by atoms with Gasteiger partial charge in [0, 0.05) is 13.2 Å². The van der Waals surface area contributed by atoms with Crippen molar-refractivity contribution in [1.82, 2.24) is 19.8 Å². The maximum absolute atomic E-state index is 12.4. The fraction of sp³-hybridized carbons (Fsp3) is 0.176. The van der Waals surface area contributed by atoms with Crippen LogP contribution in [0.1, 0.15) is 17.4 Å². The van der Waals surface area contributed by atoms with Crippen molar-refractivity contribution < 1.29 is 9.63 Å². The van der Waals surface area contributed by atoms with Crippen LogP contribution in [-0.4, -0.2) is 26.9 Å². The average Bonchev–Trinajstić information content (AvgIpc) is 3.19. The van der Waals surface area contributed by atoms with Gasteiger partial charge < -0.3 is 4.57 Å². The Kier molecular flexibility index (Phi) is 4.69. The summed E-state index contributed by atoms with van der Waals surface area (Å²) in [5.41, 5.74) is 4.93. The predicted octanol–water partition coefficient (Wildman–Crippen LogP) is 3.21. The number of hydrogen-bond donors (Lipinski definition) is 1. The van der Waals surface area contributed by atoms with E-state index in [-0.39, 0.29) is 5.91 Å². The van der Waals surface area contributed by atoms with Crippen LogP contribution in [0.25, 0.3) is 17.1 Å². The van der Waals surface area contributed by atoms with Crippen molar-refractivity contribution in [2.45, 2.75) is 6.92 Å². The molecular formula is C17H17ClN4O2. The molecule has 24 heavy (non-hydrogen) atoms. The van der Waals surface area contributed by atoms with Gasteiger partial charge in [0.25, 0.3) is 5.91 Å². The minimum absolute atomic E-state index is 0.341. The lowest BCUT2D eigenvalue weighted by atomic mass is 10.2. The summed E-state index contributed by atoms with van der Waals surface area (Å²) in [7, 11) is 1.92. The van der Waals surface area contributed by atoms with Gasteiger partial charge in [-0.15, -0.1) is 0 Å². The van der Waals surface area contributed by atoms with E-state index in [1.54, 1.807) is 19.1 Å². The topological polar surface area (TPSA) is 61.1 Å². The first-order chi connectivity index (χ1) is 11.6. The number of halogens is 1. The van der Waals surface area contributed by atoms with Crippen LogP contribution >= 0.6 is 11.6 Å². The standard InChI is InChI=1S/C17H17ClN4O2/c1-3-24-20-17(23)16-11-13(15-9-6-10-21(15)2)19-22(16)14-8-5-4-7-12(14)18/h4-11H,3H2,1-2H3,(H,20,23). The second-order valence-corrected chi connectivity index (χ2v) is 5.55. The number of hydrogen-bond acceptors (Lipinski definition) is 3. The molecule has 0 spiro atoms. The van der Waals surface area contributed by atoms with E-state index in [2.05, 4.69) is 10.6 Å². The molecule has 3 aromatic rings. The van der Waals surface area contributed by atoms with Crippen molar-refractivity contribution in [1.29, 1.82) is 0 Å². The summed E-state index contributed by atoms with van der Waals surface area (Å²) in [5, 5.41) is 5.07. The van der Waals surface area contributed by atoms with Gasteiger partial charge in [0.2, 0.25) is 0 Å². The average molecular weight is 345 g/mol. The predicted molar refractivity (Wildman–Crippen MR) is 92.1 cm³/mol. The van der Waals surface area contributed by atoms with Crippen LogP contribution in [0.15, 0.2) is 48.7 Å². The zero-order chi connectivity index (χ0) is 17.1. The number of para-hydroxylation sites is 1. The molecule has 0 aliphatic rings. The van der Waals surface area contributed by atoms with E-state index < -0.39 is 0 Å². The number of aryl methyl sites for hydroxylation is 1. The molecule has 3 rings (SSSR count). The maximum Gasteiger partial charge on any atom is 0.293 e. The van der Waals surface area contributed by atoms with Crippen molar-refractivity contribution in [3.05, 3.63) is 59.4 Å². The molecule has 2 aromatic heterocycles. The Hall–Kier alpha value is -2.57. The van der Waals surface area contributed by atoms with Crippen LogP contribution in [0.3, 0.4) is 0 Å². The van der Waals surface area contributed by atoms with Gasteiger partial charge in [-0.1, -0.05) is 23.7 Å². The van der Waals surface area contributed by atoms with E-state index in [0.717, 1.165) is 5.69 Å². The SMILES string of the molecule is CCONC(=O)c1cc(-c2cccn2C)nn1-c1ccccc1Cl. The first kappa shape index (κ1) is 16.3. The van der Waals surface area contributed by atoms with Gasteiger partial charge in [-0.05, 0) is 37.3 Å². The van der Waals surface area contributed by atoms with E-state index in [9.17, 15) is 4.79 Å². The van der Waals surface area contributed by atoms with Crippen LogP contribution in [0.2, 0.25) is 5.02 Å². The molecule has 0 aliphatic heterocycles. The van der Waals surface area contributed by atoms with Crippen LogP contribution in [0.5, 0.6) is 0 Å². The third-order valence-electron chi connectivity index (χ3n) is 3.54. The molecule has 2 heterocycles. The number of benzene rings is 1. The lowest BCUT2D eigenvalue weighted by molar-refractivity contribution is 0.0357. The number of rotatable bonds is 5. The summed E-state index contributed by atoms with van der Waals surface area (Å²) in [6.45, 7) is 2.16. The first-order valence-electron chi connectivity index (χ1n) is 7.50. The molecule has 0 saturated heterocycles. The Morgan fingerprint density at radius 1 is 1.29 bits per heavy atom.